The van der Waals surface area contributed by atoms with Crippen LogP contribution in [0.3, 0.4) is 0 Å². The van der Waals surface area contributed by atoms with Crippen LogP contribution in [-0.2, 0) is 4.74 Å². The second-order valence-electron chi connectivity index (χ2n) is 5.36. The molecule has 3 rings (SSSR count). The monoisotopic (exact) mass is 334 g/mol. The molecule has 0 radical (unpaired) electrons. The zero-order valence-electron chi connectivity index (χ0n) is 13.8. The molecule has 0 heterocycles. The number of carbonyl (C=O) groups excluding carboxylic acids is 1. The predicted octanol–water partition coefficient (Wildman–Crippen LogP) is 4.14. The maximum absolute atomic E-state index is 12.2. The van der Waals surface area contributed by atoms with Gasteiger partial charge in [0.05, 0.1) is 7.11 Å². The molecule has 126 valence electrons. The number of aliphatic hydroxyl groups is 1. The van der Waals surface area contributed by atoms with Gasteiger partial charge < -0.3 is 14.6 Å². The molecular formula is C21H18O4. The Morgan fingerprint density at radius 3 is 2.04 bits per heavy atom. The van der Waals surface area contributed by atoms with Crippen molar-refractivity contribution in [1.82, 2.24) is 0 Å². The molecule has 3 aromatic carbocycles. The molecule has 0 amide bonds. The van der Waals surface area contributed by atoms with Crippen molar-refractivity contribution in [3.8, 4) is 28.0 Å². The molecule has 25 heavy (non-hydrogen) atoms. The first-order valence-electron chi connectivity index (χ1n) is 7.86. The van der Waals surface area contributed by atoms with E-state index in [1.807, 2.05) is 66.7 Å². The number of carbonyl (C=O) groups is 1. The molecule has 0 unspecified atom stereocenters. The summed E-state index contributed by atoms with van der Waals surface area (Å²) in [5.74, 6) is -0.206. The van der Waals surface area contributed by atoms with Crippen LogP contribution in [0.25, 0.3) is 22.3 Å². The summed E-state index contributed by atoms with van der Waals surface area (Å²) in [5.41, 5.74) is 3.79. The molecular weight excluding hydrogens is 316 g/mol. The molecule has 0 fully saturated rings. The Morgan fingerprint density at radius 1 is 0.880 bits per heavy atom. The van der Waals surface area contributed by atoms with E-state index < -0.39 is 12.8 Å². The third-order valence-corrected chi connectivity index (χ3v) is 3.92. The Morgan fingerprint density at radius 2 is 1.48 bits per heavy atom. The Labute approximate surface area is 146 Å². The summed E-state index contributed by atoms with van der Waals surface area (Å²) in [7, 11) is 1.32. The lowest BCUT2D eigenvalue weighted by Gasteiger charge is -2.18. The van der Waals surface area contributed by atoms with Crippen molar-refractivity contribution >= 4 is 5.97 Å². The van der Waals surface area contributed by atoms with Crippen molar-refractivity contribution in [2.24, 2.45) is 0 Å². The highest BCUT2D eigenvalue weighted by Gasteiger charge is 2.22. The molecule has 0 bridgehead atoms. The minimum absolute atomic E-state index is 0.273. The van der Waals surface area contributed by atoms with E-state index in [1.54, 1.807) is 6.07 Å². The number of rotatable bonds is 5. The van der Waals surface area contributed by atoms with Crippen LogP contribution < -0.4 is 4.74 Å². The largest absolute Gasteiger partial charge is 0.466 e. The minimum atomic E-state index is -0.540. The van der Waals surface area contributed by atoms with Gasteiger partial charge in [0.1, 0.15) is 11.3 Å². The molecule has 4 heteroatoms. The van der Waals surface area contributed by atoms with Gasteiger partial charge in [0, 0.05) is 5.56 Å². The molecule has 3 aromatic rings. The maximum atomic E-state index is 12.2. The second-order valence-corrected chi connectivity index (χ2v) is 5.36. The van der Waals surface area contributed by atoms with E-state index in [9.17, 15) is 9.90 Å². The lowest BCUT2D eigenvalue weighted by atomic mass is 9.91. The second kappa shape index (κ2) is 7.64. The van der Waals surface area contributed by atoms with Crippen LogP contribution in [0.5, 0.6) is 5.75 Å². The fourth-order valence-corrected chi connectivity index (χ4v) is 2.82. The van der Waals surface area contributed by atoms with Gasteiger partial charge >= 0.3 is 5.97 Å². The molecule has 0 saturated carbocycles. The summed E-state index contributed by atoms with van der Waals surface area (Å²) in [6.45, 7) is -0.540. The number of hydrogen-bond acceptors (Lipinski definition) is 4. The lowest BCUT2D eigenvalue weighted by molar-refractivity contribution is 0.0582. The van der Waals surface area contributed by atoms with Gasteiger partial charge in [0.2, 0.25) is 0 Å². The Bertz CT molecular complexity index is 858. The number of aliphatic hydroxyl groups excluding tert-OH is 1. The smallest absolute Gasteiger partial charge is 0.341 e. The van der Waals surface area contributed by atoms with Crippen LogP contribution in [0.4, 0.5) is 0 Å². The van der Waals surface area contributed by atoms with E-state index >= 15 is 0 Å². The van der Waals surface area contributed by atoms with Gasteiger partial charge in [0.25, 0.3) is 0 Å². The number of methoxy groups -OCH3 is 1. The van der Waals surface area contributed by atoms with Crippen molar-refractivity contribution in [2.45, 2.75) is 0 Å². The molecule has 0 aliphatic rings. The van der Waals surface area contributed by atoms with Gasteiger partial charge in [-0.2, -0.15) is 0 Å². The first-order chi connectivity index (χ1) is 12.3. The van der Waals surface area contributed by atoms with Crippen LogP contribution in [0.1, 0.15) is 10.4 Å². The van der Waals surface area contributed by atoms with Gasteiger partial charge in [-0.15, -0.1) is 0 Å². The van der Waals surface area contributed by atoms with Gasteiger partial charge in [-0.1, -0.05) is 66.7 Å². The normalized spacial score (nSPS) is 10.3. The fraction of sp³-hybridized carbons (Fsp3) is 0.0952. The average Bonchev–Trinajstić information content (AvgIpc) is 2.68. The predicted molar refractivity (Wildman–Crippen MR) is 96.4 cm³/mol. The van der Waals surface area contributed by atoms with Crippen LogP contribution >= 0.6 is 0 Å². The van der Waals surface area contributed by atoms with Gasteiger partial charge in [-0.25, -0.2) is 4.79 Å². The van der Waals surface area contributed by atoms with Crippen molar-refractivity contribution in [3.05, 3.63) is 78.4 Å². The zero-order valence-corrected chi connectivity index (χ0v) is 13.8. The lowest BCUT2D eigenvalue weighted by Crippen LogP contribution is -2.08. The molecule has 0 saturated heterocycles. The van der Waals surface area contributed by atoms with E-state index in [4.69, 9.17) is 9.47 Å². The van der Waals surface area contributed by atoms with Crippen molar-refractivity contribution in [3.63, 3.8) is 0 Å². The molecule has 0 aromatic heterocycles. The standard InChI is InChI=1S/C21H18O4/c1-24-21(23)18-13-12-17(15-8-4-2-5-9-15)19(20(18)25-14-22)16-10-6-3-7-11-16/h2-13,22H,14H2,1H3. The maximum Gasteiger partial charge on any atom is 0.341 e. The number of ether oxygens (including phenoxy) is 2. The summed E-state index contributed by atoms with van der Waals surface area (Å²) in [6, 6.07) is 23.0. The Hall–Kier alpha value is -3.11. The molecule has 0 atom stereocenters. The quantitative estimate of drug-likeness (QED) is 0.563. The first-order valence-corrected chi connectivity index (χ1v) is 7.86. The van der Waals surface area contributed by atoms with Crippen molar-refractivity contribution < 1.29 is 19.4 Å². The third-order valence-electron chi connectivity index (χ3n) is 3.92. The summed E-state index contributed by atoms with van der Waals surface area (Å²) < 4.78 is 10.3. The summed E-state index contributed by atoms with van der Waals surface area (Å²) >= 11 is 0. The van der Waals surface area contributed by atoms with Crippen LogP contribution in [0.15, 0.2) is 72.8 Å². The van der Waals surface area contributed by atoms with E-state index in [2.05, 4.69) is 0 Å². The van der Waals surface area contributed by atoms with Crippen LogP contribution in [0, 0.1) is 0 Å². The summed E-state index contributed by atoms with van der Waals surface area (Å²) in [4.78, 5) is 12.2. The topological polar surface area (TPSA) is 55.8 Å². The average molecular weight is 334 g/mol. The third kappa shape index (κ3) is 3.39. The van der Waals surface area contributed by atoms with E-state index in [1.165, 1.54) is 7.11 Å². The molecule has 4 nitrogen and oxygen atoms in total. The minimum Gasteiger partial charge on any atom is -0.466 e. The number of benzene rings is 3. The summed E-state index contributed by atoms with van der Waals surface area (Å²) in [5, 5.41) is 9.36. The van der Waals surface area contributed by atoms with Gasteiger partial charge in [-0.3, -0.25) is 0 Å². The van der Waals surface area contributed by atoms with E-state index in [-0.39, 0.29) is 5.56 Å². The van der Waals surface area contributed by atoms with Crippen molar-refractivity contribution in [1.29, 1.82) is 0 Å². The number of esters is 1. The molecule has 0 aliphatic carbocycles. The van der Waals surface area contributed by atoms with Gasteiger partial charge in [-0.05, 0) is 22.8 Å². The van der Waals surface area contributed by atoms with E-state index in [0.29, 0.717) is 5.75 Å². The summed E-state index contributed by atoms with van der Waals surface area (Å²) in [6.07, 6.45) is 0. The van der Waals surface area contributed by atoms with E-state index in [0.717, 1.165) is 22.3 Å². The number of hydrogen-bond donors (Lipinski definition) is 1. The highest BCUT2D eigenvalue weighted by molar-refractivity contribution is 5.99. The van der Waals surface area contributed by atoms with Crippen molar-refractivity contribution in [2.75, 3.05) is 13.9 Å². The fourth-order valence-electron chi connectivity index (χ4n) is 2.82. The first kappa shape index (κ1) is 16.7. The highest BCUT2D eigenvalue weighted by atomic mass is 16.6. The zero-order chi connectivity index (χ0) is 17.6. The molecule has 0 spiro atoms. The van der Waals surface area contributed by atoms with Crippen LogP contribution in [0.2, 0.25) is 0 Å². The SMILES string of the molecule is COC(=O)c1ccc(-c2ccccc2)c(-c2ccccc2)c1OCO. The Kier molecular flexibility index (Phi) is 5.11. The molecule has 1 N–H and O–H groups in total. The highest BCUT2D eigenvalue weighted by Crippen LogP contribution is 2.41. The van der Waals surface area contributed by atoms with Gasteiger partial charge in [0.15, 0.2) is 6.79 Å². The van der Waals surface area contributed by atoms with Crippen LogP contribution in [-0.4, -0.2) is 25.0 Å². The molecule has 0 aliphatic heterocycles. The Balaban J connectivity index is 2.33.